The van der Waals surface area contributed by atoms with Crippen LogP contribution in [-0.2, 0) is 20.0 Å². The number of para-hydroxylation sites is 1. The molecule has 5 nitrogen and oxygen atoms in total. The number of pyridine rings is 1. The Kier molecular flexibility index (Phi) is 5.08. The molecule has 0 unspecified atom stereocenters. The lowest BCUT2D eigenvalue weighted by Crippen LogP contribution is -2.23. The van der Waals surface area contributed by atoms with Crippen LogP contribution < -0.4 is 5.32 Å². The van der Waals surface area contributed by atoms with Crippen LogP contribution in [0, 0.1) is 5.82 Å². The number of hydrogen-bond acceptors (Lipinski definition) is 3. The molecule has 0 aliphatic carbocycles. The second kappa shape index (κ2) is 7.83. The van der Waals surface area contributed by atoms with Crippen molar-refractivity contribution in [3.63, 3.8) is 0 Å². The number of amides is 1. The molecule has 0 saturated carbocycles. The maximum absolute atomic E-state index is 14.2. The van der Waals surface area contributed by atoms with Gasteiger partial charge in [0, 0.05) is 30.7 Å². The van der Waals surface area contributed by atoms with Gasteiger partial charge in [0.05, 0.1) is 17.3 Å². The minimum atomic E-state index is -0.446. The number of rotatable bonds is 5. The summed E-state index contributed by atoms with van der Waals surface area (Å²) in [5.41, 5.74) is 4.31. The van der Waals surface area contributed by atoms with Gasteiger partial charge >= 0.3 is 0 Å². The molecule has 0 aliphatic rings. The maximum atomic E-state index is 14.2. The normalized spacial score (nSPS) is 11.0. The van der Waals surface area contributed by atoms with Crippen molar-refractivity contribution in [1.29, 1.82) is 0 Å². The fraction of sp³-hybridized carbons (Fsp3) is 0.174. The Morgan fingerprint density at radius 1 is 1.10 bits per heavy atom. The molecule has 4 rings (SSSR count). The van der Waals surface area contributed by atoms with Crippen molar-refractivity contribution in [1.82, 2.24) is 20.1 Å². The van der Waals surface area contributed by atoms with E-state index in [-0.39, 0.29) is 5.91 Å². The Morgan fingerprint density at radius 3 is 2.59 bits per heavy atom. The summed E-state index contributed by atoms with van der Waals surface area (Å²) in [4.78, 5) is 16.7. The highest BCUT2D eigenvalue weighted by Gasteiger charge is 2.19. The fourth-order valence-corrected chi connectivity index (χ4v) is 3.46. The van der Waals surface area contributed by atoms with E-state index in [4.69, 9.17) is 0 Å². The standard InChI is InChI=1S/C23H21FN4O/c1-3-15-7-9-16(10-8-15)13-26-23(29)19-6-4-5-18-21(27-28(2)22(18)19)17-11-12-25-14-20(17)24/h4-12,14H,3,13H2,1-2H3,(H,26,29). The lowest BCUT2D eigenvalue weighted by Gasteiger charge is -2.08. The molecule has 146 valence electrons. The summed E-state index contributed by atoms with van der Waals surface area (Å²) in [6.07, 6.45) is 3.67. The van der Waals surface area contributed by atoms with Crippen molar-refractivity contribution in [2.24, 2.45) is 7.05 Å². The van der Waals surface area contributed by atoms with E-state index in [2.05, 4.69) is 34.5 Å². The highest BCUT2D eigenvalue weighted by atomic mass is 19.1. The average molecular weight is 388 g/mol. The quantitative estimate of drug-likeness (QED) is 0.556. The third-order valence-corrected chi connectivity index (χ3v) is 5.02. The molecular formula is C23H21FN4O. The number of halogens is 1. The number of fused-ring (bicyclic) bond motifs is 1. The van der Waals surface area contributed by atoms with Crippen LogP contribution in [0.1, 0.15) is 28.4 Å². The molecular weight excluding hydrogens is 367 g/mol. The van der Waals surface area contributed by atoms with Crippen LogP contribution in [0.15, 0.2) is 60.9 Å². The van der Waals surface area contributed by atoms with Crippen molar-refractivity contribution >= 4 is 16.8 Å². The number of carbonyl (C=O) groups excluding carboxylic acids is 1. The van der Waals surface area contributed by atoms with E-state index in [1.807, 2.05) is 18.2 Å². The monoisotopic (exact) mass is 388 g/mol. The molecule has 0 saturated heterocycles. The van der Waals surface area contributed by atoms with E-state index in [9.17, 15) is 9.18 Å². The summed E-state index contributed by atoms with van der Waals surface area (Å²) in [5.74, 6) is -0.641. The topological polar surface area (TPSA) is 59.8 Å². The molecule has 4 aromatic rings. The Hall–Kier alpha value is -3.54. The average Bonchev–Trinajstić information content (AvgIpc) is 3.09. The van der Waals surface area contributed by atoms with Gasteiger partial charge in [0.1, 0.15) is 5.69 Å². The van der Waals surface area contributed by atoms with Gasteiger partial charge < -0.3 is 5.32 Å². The van der Waals surface area contributed by atoms with Crippen LogP contribution in [0.25, 0.3) is 22.2 Å². The van der Waals surface area contributed by atoms with Gasteiger partial charge in [-0.15, -0.1) is 0 Å². The summed E-state index contributed by atoms with van der Waals surface area (Å²) in [7, 11) is 1.76. The van der Waals surface area contributed by atoms with Crippen molar-refractivity contribution in [2.45, 2.75) is 19.9 Å². The summed E-state index contributed by atoms with van der Waals surface area (Å²) in [6.45, 7) is 2.54. The first kappa shape index (κ1) is 18.8. The zero-order chi connectivity index (χ0) is 20.4. The number of nitrogens with zero attached hydrogens (tertiary/aromatic N) is 3. The molecule has 0 radical (unpaired) electrons. The first-order valence-electron chi connectivity index (χ1n) is 9.50. The molecule has 0 spiro atoms. The van der Waals surface area contributed by atoms with Crippen LogP contribution in [0.2, 0.25) is 0 Å². The van der Waals surface area contributed by atoms with Crippen LogP contribution in [-0.4, -0.2) is 20.7 Å². The Labute approximate surface area is 168 Å². The van der Waals surface area contributed by atoms with Crippen LogP contribution in [0.3, 0.4) is 0 Å². The Morgan fingerprint density at radius 2 is 1.86 bits per heavy atom. The third-order valence-electron chi connectivity index (χ3n) is 5.02. The molecule has 1 N–H and O–H groups in total. The lowest BCUT2D eigenvalue weighted by atomic mass is 10.0. The largest absolute Gasteiger partial charge is 0.348 e. The van der Waals surface area contributed by atoms with Gasteiger partial charge in [0.2, 0.25) is 0 Å². The molecule has 29 heavy (non-hydrogen) atoms. The van der Waals surface area contributed by atoms with E-state index >= 15 is 0 Å². The SMILES string of the molecule is CCc1ccc(CNC(=O)c2cccc3c(-c4ccncc4F)nn(C)c23)cc1. The zero-order valence-corrected chi connectivity index (χ0v) is 16.3. The molecule has 1 amide bonds. The van der Waals surface area contributed by atoms with Gasteiger partial charge in [-0.1, -0.05) is 43.3 Å². The van der Waals surface area contributed by atoms with Gasteiger partial charge in [-0.2, -0.15) is 5.10 Å². The van der Waals surface area contributed by atoms with Crippen LogP contribution >= 0.6 is 0 Å². The van der Waals surface area contributed by atoms with Gasteiger partial charge in [0.25, 0.3) is 5.91 Å². The van der Waals surface area contributed by atoms with E-state index in [0.717, 1.165) is 23.6 Å². The second-order valence-corrected chi connectivity index (χ2v) is 6.88. The molecule has 0 fully saturated rings. The van der Waals surface area contributed by atoms with E-state index in [0.29, 0.717) is 28.9 Å². The van der Waals surface area contributed by atoms with Crippen molar-refractivity contribution in [2.75, 3.05) is 0 Å². The predicted octanol–water partition coefficient (Wildman–Crippen LogP) is 4.27. The van der Waals surface area contributed by atoms with Gasteiger partial charge in [0.15, 0.2) is 5.82 Å². The first-order chi connectivity index (χ1) is 14.1. The number of hydrogen-bond donors (Lipinski definition) is 1. The van der Waals surface area contributed by atoms with E-state index < -0.39 is 5.82 Å². The number of aryl methyl sites for hydroxylation is 2. The fourth-order valence-electron chi connectivity index (χ4n) is 3.46. The molecule has 0 aliphatic heterocycles. The summed E-state index contributed by atoms with van der Waals surface area (Å²) < 4.78 is 15.9. The molecule has 2 aromatic heterocycles. The highest BCUT2D eigenvalue weighted by Crippen LogP contribution is 2.30. The first-order valence-corrected chi connectivity index (χ1v) is 9.50. The lowest BCUT2D eigenvalue weighted by molar-refractivity contribution is 0.0952. The number of aromatic nitrogens is 3. The van der Waals surface area contributed by atoms with Crippen molar-refractivity contribution in [3.05, 3.63) is 83.4 Å². The number of benzene rings is 2. The van der Waals surface area contributed by atoms with E-state index in [1.165, 1.54) is 11.8 Å². The summed E-state index contributed by atoms with van der Waals surface area (Å²) in [6, 6.07) is 15.2. The molecule has 2 aromatic carbocycles. The van der Waals surface area contributed by atoms with Crippen molar-refractivity contribution in [3.8, 4) is 11.3 Å². The Balaban J connectivity index is 1.65. The maximum Gasteiger partial charge on any atom is 0.253 e. The number of nitrogens with one attached hydrogen (secondary N) is 1. The van der Waals surface area contributed by atoms with Crippen LogP contribution in [0.4, 0.5) is 4.39 Å². The number of carbonyl (C=O) groups is 1. The van der Waals surface area contributed by atoms with Crippen molar-refractivity contribution < 1.29 is 9.18 Å². The van der Waals surface area contributed by atoms with Gasteiger partial charge in [-0.05, 0) is 29.7 Å². The molecule has 0 bridgehead atoms. The third kappa shape index (κ3) is 3.61. The summed E-state index contributed by atoms with van der Waals surface area (Å²) in [5, 5.41) is 8.16. The van der Waals surface area contributed by atoms with E-state index in [1.54, 1.807) is 29.9 Å². The smallest absolute Gasteiger partial charge is 0.253 e. The minimum Gasteiger partial charge on any atom is -0.348 e. The van der Waals surface area contributed by atoms with Gasteiger partial charge in [-0.25, -0.2) is 4.39 Å². The Bertz CT molecular complexity index is 1180. The zero-order valence-electron chi connectivity index (χ0n) is 16.3. The minimum absolute atomic E-state index is 0.195. The second-order valence-electron chi connectivity index (χ2n) is 6.88. The predicted molar refractivity (Wildman–Crippen MR) is 111 cm³/mol. The molecule has 2 heterocycles. The molecule has 6 heteroatoms. The molecule has 0 atom stereocenters. The van der Waals surface area contributed by atoms with Crippen LogP contribution in [0.5, 0.6) is 0 Å². The van der Waals surface area contributed by atoms with Gasteiger partial charge in [-0.3, -0.25) is 14.5 Å². The summed E-state index contributed by atoms with van der Waals surface area (Å²) >= 11 is 0. The highest BCUT2D eigenvalue weighted by molar-refractivity contribution is 6.08.